The van der Waals surface area contributed by atoms with E-state index in [2.05, 4.69) is 10.1 Å². The standard InChI is InChI=1S/C25H22F4N4O2/c1-24(23(34)35-2,13-15-4-3-5-18(26)12-15)20-10-11-31-22-21(19(14-30)32-33(20)22)16-6-8-17(9-7-16)25(27,28)29/h3-12H,13-14,30H2,1-2H3. The smallest absolute Gasteiger partial charge is 0.416 e. The quantitative estimate of drug-likeness (QED) is 0.316. The summed E-state index contributed by atoms with van der Waals surface area (Å²) < 4.78 is 59.5. The predicted octanol–water partition coefficient (Wildman–Crippen LogP) is 4.69. The first-order valence-electron chi connectivity index (χ1n) is 10.7. The first-order chi connectivity index (χ1) is 16.6. The summed E-state index contributed by atoms with van der Waals surface area (Å²) in [7, 11) is 1.26. The third kappa shape index (κ3) is 4.49. The van der Waals surface area contributed by atoms with E-state index in [-0.39, 0.29) is 13.0 Å². The highest BCUT2D eigenvalue weighted by molar-refractivity contribution is 5.84. The lowest BCUT2D eigenvalue weighted by molar-refractivity contribution is -0.147. The fourth-order valence-electron chi connectivity index (χ4n) is 4.22. The Morgan fingerprint density at radius 3 is 2.43 bits per heavy atom. The molecule has 0 saturated carbocycles. The minimum absolute atomic E-state index is 0.0159. The second kappa shape index (κ2) is 9.10. The van der Waals surface area contributed by atoms with Crippen molar-refractivity contribution in [1.82, 2.24) is 14.6 Å². The average Bonchev–Trinajstić information content (AvgIpc) is 3.21. The van der Waals surface area contributed by atoms with Gasteiger partial charge in [-0.3, -0.25) is 4.79 Å². The second-order valence-corrected chi connectivity index (χ2v) is 8.30. The van der Waals surface area contributed by atoms with Gasteiger partial charge in [0, 0.05) is 12.7 Å². The number of aromatic nitrogens is 3. The number of esters is 1. The van der Waals surface area contributed by atoms with Crippen molar-refractivity contribution in [3.8, 4) is 11.1 Å². The molecule has 4 aromatic rings. The van der Waals surface area contributed by atoms with Gasteiger partial charge in [0.05, 0.1) is 29.6 Å². The highest BCUT2D eigenvalue weighted by Crippen LogP contribution is 2.36. The van der Waals surface area contributed by atoms with Crippen molar-refractivity contribution in [2.45, 2.75) is 31.5 Å². The Hall–Kier alpha value is -3.79. The molecular formula is C25H22F4N4O2. The Morgan fingerprint density at radius 2 is 1.83 bits per heavy atom. The molecule has 2 aromatic heterocycles. The number of carbonyl (C=O) groups is 1. The Morgan fingerprint density at radius 1 is 1.11 bits per heavy atom. The molecule has 0 saturated heterocycles. The van der Waals surface area contributed by atoms with Crippen LogP contribution in [0.5, 0.6) is 0 Å². The zero-order valence-electron chi connectivity index (χ0n) is 18.9. The average molecular weight is 486 g/mol. The van der Waals surface area contributed by atoms with Gasteiger partial charge in [-0.25, -0.2) is 13.9 Å². The van der Waals surface area contributed by atoms with E-state index >= 15 is 0 Å². The molecule has 1 unspecified atom stereocenters. The Labute approximate surface area is 198 Å². The summed E-state index contributed by atoms with van der Waals surface area (Å²) in [5.74, 6) is -1.01. The van der Waals surface area contributed by atoms with E-state index in [1.807, 2.05) is 0 Å². The molecular weight excluding hydrogens is 464 g/mol. The Kier molecular flexibility index (Phi) is 6.33. The number of fused-ring (bicyclic) bond motifs is 1. The third-order valence-corrected chi connectivity index (χ3v) is 5.93. The van der Waals surface area contributed by atoms with Crippen LogP contribution in [-0.4, -0.2) is 27.7 Å². The number of alkyl halides is 3. The number of ether oxygens (including phenoxy) is 1. The number of carbonyl (C=O) groups excluding carboxylic acids is 1. The lowest BCUT2D eigenvalue weighted by Crippen LogP contribution is -2.38. The molecule has 0 aliphatic rings. The van der Waals surface area contributed by atoms with E-state index < -0.39 is 28.9 Å². The van der Waals surface area contributed by atoms with Gasteiger partial charge in [-0.05, 0) is 54.8 Å². The normalized spacial score (nSPS) is 13.6. The second-order valence-electron chi connectivity index (χ2n) is 8.30. The topological polar surface area (TPSA) is 82.5 Å². The van der Waals surface area contributed by atoms with E-state index in [1.165, 1.54) is 42.1 Å². The SMILES string of the molecule is COC(=O)C(C)(Cc1cccc(F)c1)c1ccnc2c(-c3ccc(C(F)(F)F)cc3)c(CN)nn12. The number of methoxy groups -OCH3 is 1. The molecule has 0 aliphatic heterocycles. The summed E-state index contributed by atoms with van der Waals surface area (Å²) in [6.07, 6.45) is -2.89. The number of rotatable bonds is 6. The van der Waals surface area contributed by atoms with Crippen molar-refractivity contribution in [3.63, 3.8) is 0 Å². The number of hydrogen-bond acceptors (Lipinski definition) is 5. The van der Waals surface area contributed by atoms with Crippen molar-refractivity contribution in [1.29, 1.82) is 0 Å². The first-order valence-corrected chi connectivity index (χ1v) is 10.7. The van der Waals surface area contributed by atoms with Crippen LogP contribution in [0.1, 0.15) is 29.4 Å². The summed E-state index contributed by atoms with van der Waals surface area (Å²) in [5, 5.41) is 4.55. The molecule has 2 aromatic carbocycles. The lowest BCUT2D eigenvalue weighted by Gasteiger charge is -2.27. The summed E-state index contributed by atoms with van der Waals surface area (Å²) in [6.45, 7) is 1.64. The minimum atomic E-state index is -4.47. The van der Waals surface area contributed by atoms with Crippen LogP contribution in [0.4, 0.5) is 17.6 Å². The van der Waals surface area contributed by atoms with E-state index in [0.717, 1.165) is 12.1 Å². The summed E-state index contributed by atoms with van der Waals surface area (Å²) >= 11 is 0. The summed E-state index contributed by atoms with van der Waals surface area (Å²) in [6, 6.07) is 12.1. The van der Waals surface area contributed by atoms with Crippen LogP contribution in [0.15, 0.2) is 60.8 Å². The van der Waals surface area contributed by atoms with Crippen LogP contribution >= 0.6 is 0 Å². The number of halogens is 4. The van der Waals surface area contributed by atoms with Gasteiger partial charge in [0.25, 0.3) is 0 Å². The van der Waals surface area contributed by atoms with Gasteiger partial charge >= 0.3 is 12.1 Å². The van der Waals surface area contributed by atoms with Gasteiger partial charge in [-0.2, -0.15) is 18.3 Å². The van der Waals surface area contributed by atoms with Crippen molar-refractivity contribution < 1.29 is 27.1 Å². The molecule has 2 heterocycles. The molecule has 4 rings (SSSR count). The molecule has 35 heavy (non-hydrogen) atoms. The Balaban J connectivity index is 1.90. The van der Waals surface area contributed by atoms with Crippen molar-refractivity contribution >= 4 is 11.6 Å². The van der Waals surface area contributed by atoms with Gasteiger partial charge in [0.15, 0.2) is 5.65 Å². The molecule has 0 fully saturated rings. The molecule has 1 atom stereocenters. The molecule has 2 N–H and O–H groups in total. The maximum Gasteiger partial charge on any atom is 0.416 e. The lowest BCUT2D eigenvalue weighted by atomic mass is 9.80. The summed E-state index contributed by atoms with van der Waals surface area (Å²) in [5.41, 5.74) is 6.43. The number of nitrogens with two attached hydrogens (primary N) is 1. The molecule has 0 aliphatic carbocycles. The monoisotopic (exact) mass is 486 g/mol. The highest BCUT2D eigenvalue weighted by Gasteiger charge is 2.40. The third-order valence-electron chi connectivity index (χ3n) is 5.93. The van der Waals surface area contributed by atoms with Crippen LogP contribution in [0, 0.1) is 5.82 Å². The molecule has 0 amide bonds. The molecule has 0 radical (unpaired) electrons. The van der Waals surface area contributed by atoms with Gasteiger partial charge in [0.1, 0.15) is 11.2 Å². The number of benzene rings is 2. The van der Waals surface area contributed by atoms with Gasteiger partial charge in [0.2, 0.25) is 0 Å². The van der Waals surface area contributed by atoms with Crippen LogP contribution in [0.2, 0.25) is 0 Å². The van der Waals surface area contributed by atoms with Gasteiger partial charge in [-0.15, -0.1) is 0 Å². The maximum absolute atomic E-state index is 13.8. The fraction of sp³-hybridized carbons (Fsp3) is 0.240. The number of nitrogens with zero attached hydrogens (tertiary/aromatic N) is 3. The van der Waals surface area contributed by atoms with Crippen LogP contribution in [-0.2, 0) is 34.1 Å². The Bertz CT molecular complexity index is 1380. The highest BCUT2D eigenvalue weighted by atomic mass is 19.4. The van der Waals surface area contributed by atoms with Gasteiger partial charge in [-0.1, -0.05) is 24.3 Å². The largest absolute Gasteiger partial charge is 0.468 e. The van der Waals surface area contributed by atoms with Crippen molar-refractivity contribution in [2.75, 3.05) is 7.11 Å². The van der Waals surface area contributed by atoms with E-state index in [1.54, 1.807) is 25.1 Å². The number of hydrogen-bond donors (Lipinski definition) is 1. The van der Waals surface area contributed by atoms with Crippen LogP contribution in [0.25, 0.3) is 16.8 Å². The van der Waals surface area contributed by atoms with E-state index in [4.69, 9.17) is 10.5 Å². The molecule has 10 heteroatoms. The zero-order chi connectivity index (χ0) is 25.4. The minimum Gasteiger partial charge on any atom is -0.468 e. The predicted molar refractivity (Wildman–Crippen MR) is 121 cm³/mol. The van der Waals surface area contributed by atoms with Crippen molar-refractivity contribution in [3.05, 3.63) is 89.1 Å². The summed E-state index contributed by atoms with van der Waals surface area (Å²) in [4.78, 5) is 17.4. The van der Waals surface area contributed by atoms with Crippen LogP contribution < -0.4 is 5.73 Å². The molecule has 6 nitrogen and oxygen atoms in total. The molecule has 0 spiro atoms. The maximum atomic E-state index is 13.8. The molecule has 182 valence electrons. The first kappa shape index (κ1) is 24.3. The van der Waals surface area contributed by atoms with Gasteiger partial charge < -0.3 is 10.5 Å². The van der Waals surface area contributed by atoms with Crippen LogP contribution in [0.3, 0.4) is 0 Å². The van der Waals surface area contributed by atoms with E-state index in [9.17, 15) is 22.4 Å². The van der Waals surface area contributed by atoms with E-state index in [0.29, 0.717) is 33.7 Å². The van der Waals surface area contributed by atoms with Crippen molar-refractivity contribution in [2.24, 2.45) is 5.73 Å². The zero-order valence-corrected chi connectivity index (χ0v) is 18.9. The molecule has 0 bridgehead atoms. The fourth-order valence-corrected chi connectivity index (χ4v) is 4.22.